The van der Waals surface area contributed by atoms with E-state index in [2.05, 4.69) is 0 Å². The van der Waals surface area contributed by atoms with Crippen LogP contribution in [0.4, 0.5) is 0 Å². The van der Waals surface area contributed by atoms with Gasteiger partial charge >= 0.3 is 5.97 Å². The monoisotopic (exact) mass is 381 g/mol. The van der Waals surface area contributed by atoms with E-state index in [0.29, 0.717) is 5.75 Å². The van der Waals surface area contributed by atoms with Crippen molar-refractivity contribution in [2.75, 3.05) is 13.1 Å². The number of carbonyl (C=O) groups excluding carboxylic acids is 2. The summed E-state index contributed by atoms with van der Waals surface area (Å²) in [5, 5.41) is 0. The Morgan fingerprint density at radius 1 is 0.857 bits per heavy atom. The van der Waals surface area contributed by atoms with Crippen molar-refractivity contribution in [1.29, 1.82) is 0 Å². The molecule has 0 aromatic heterocycles. The molecule has 0 bridgehead atoms. The topological polar surface area (TPSA) is 55.8 Å². The van der Waals surface area contributed by atoms with Crippen LogP contribution in [-0.4, -0.2) is 36.0 Å². The molecule has 5 nitrogen and oxygen atoms in total. The summed E-state index contributed by atoms with van der Waals surface area (Å²) >= 11 is 0. The molecule has 1 aliphatic heterocycles. The zero-order valence-corrected chi connectivity index (χ0v) is 16.5. The molecule has 5 heteroatoms. The van der Waals surface area contributed by atoms with Crippen molar-refractivity contribution in [2.45, 2.75) is 45.1 Å². The number of rotatable bonds is 6. The molecule has 3 rings (SSSR count). The normalized spacial score (nSPS) is 16.1. The van der Waals surface area contributed by atoms with Crippen LogP contribution >= 0.6 is 0 Å². The Morgan fingerprint density at radius 3 is 2.11 bits per heavy atom. The fourth-order valence-electron chi connectivity index (χ4n) is 3.28. The highest BCUT2D eigenvalue weighted by molar-refractivity contribution is 5.85. The Balaban J connectivity index is 1.55. The third kappa shape index (κ3) is 5.12. The highest BCUT2D eigenvalue weighted by atomic mass is 16.5. The van der Waals surface area contributed by atoms with E-state index in [1.165, 1.54) is 0 Å². The van der Waals surface area contributed by atoms with Gasteiger partial charge in [-0.2, -0.15) is 0 Å². The van der Waals surface area contributed by atoms with Crippen LogP contribution in [-0.2, 0) is 14.3 Å². The van der Waals surface area contributed by atoms with Gasteiger partial charge in [-0.15, -0.1) is 0 Å². The van der Waals surface area contributed by atoms with Crippen molar-refractivity contribution in [2.24, 2.45) is 0 Å². The highest BCUT2D eigenvalue weighted by Gasteiger charge is 2.27. The molecule has 0 unspecified atom stereocenters. The van der Waals surface area contributed by atoms with Crippen molar-refractivity contribution in [3.8, 4) is 11.5 Å². The second kappa shape index (κ2) is 9.40. The van der Waals surface area contributed by atoms with Crippen LogP contribution in [0.15, 0.2) is 54.6 Å². The van der Waals surface area contributed by atoms with Gasteiger partial charge in [-0.1, -0.05) is 30.3 Å². The maximum Gasteiger partial charge on any atom is 0.313 e. The standard InChI is InChI=1S/C23H27NO4/c1-17(23(26)27-18(2)22(25)24-15-7-4-8-16-24)19-11-13-21(14-12-19)28-20-9-5-3-6-10-20/h3,5-6,9-14,17-18H,4,7-8,15-16H2,1-2H3/t17-,18-/m0/s1. The Morgan fingerprint density at radius 2 is 1.46 bits per heavy atom. The van der Waals surface area contributed by atoms with Crippen LogP contribution in [0.2, 0.25) is 0 Å². The lowest BCUT2D eigenvalue weighted by Gasteiger charge is -2.29. The van der Waals surface area contributed by atoms with Gasteiger partial charge in [-0.25, -0.2) is 0 Å². The zero-order chi connectivity index (χ0) is 19.9. The summed E-state index contributed by atoms with van der Waals surface area (Å²) < 4.78 is 11.2. The van der Waals surface area contributed by atoms with Crippen LogP contribution in [0.1, 0.15) is 44.6 Å². The molecule has 28 heavy (non-hydrogen) atoms. The van der Waals surface area contributed by atoms with Crippen LogP contribution < -0.4 is 4.74 Å². The highest BCUT2D eigenvalue weighted by Crippen LogP contribution is 2.25. The molecule has 1 fully saturated rings. The molecule has 0 spiro atoms. The third-order valence-electron chi connectivity index (χ3n) is 5.02. The van der Waals surface area contributed by atoms with Crippen molar-refractivity contribution in [3.63, 3.8) is 0 Å². The van der Waals surface area contributed by atoms with Gasteiger partial charge in [0.05, 0.1) is 5.92 Å². The molecule has 1 amide bonds. The summed E-state index contributed by atoms with van der Waals surface area (Å²) in [6.07, 6.45) is 2.42. The van der Waals surface area contributed by atoms with Crippen LogP contribution in [0.25, 0.3) is 0 Å². The average Bonchev–Trinajstić information content (AvgIpc) is 2.74. The van der Waals surface area contributed by atoms with Crippen LogP contribution in [0.3, 0.4) is 0 Å². The van der Waals surface area contributed by atoms with Gasteiger partial charge in [0.25, 0.3) is 5.91 Å². The second-order valence-electron chi connectivity index (χ2n) is 7.17. The molecule has 0 radical (unpaired) electrons. The van der Waals surface area contributed by atoms with E-state index < -0.39 is 18.0 Å². The number of esters is 1. The van der Waals surface area contributed by atoms with Crippen molar-refractivity contribution in [3.05, 3.63) is 60.2 Å². The maximum atomic E-state index is 12.5. The lowest BCUT2D eigenvalue weighted by atomic mass is 10.0. The fraction of sp³-hybridized carbons (Fsp3) is 0.391. The zero-order valence-electron chi connectivity index (χ0n) is 16.5. The number of benzene rings is 2. The van der Waals surface area contributed by atoms with Crippen molar-refractivity contribution in [1.82, 2.24) is 4.90 Å². The van der Waals surface area contributed by atoms with Gasteiger partial charge < -0.3 is 14.4 Å². The molecule has 2 aromatic rings. The molecule has 0 N–H and O–H groups in total. The molecule has 148 valence electrons. The number of hydrogen-bond acceptors (Lipinski definition) is 4. The van der Waals surface area contributed by atoms with Gasteiger partial charge in [-0.05, 0) is 62.9 Å². The molecule has 2 aromatic carbocycles. The summed E-state index contributed by atoms with van der Waals surface area (Å²) in [7, 11) is 0. The predicted molar refractivity (Wildman–Crippen MR) is 107 cm³/mol. The van der Waals surface area contributed by atoms with E-state index in [0.717, 1.165) is 43.7 Å². The Bertz CT molecular complexity index is 782. The van der Waals surface area contributed by atoms with Crippen LogP contribution in [0, 0.1) is 0 Å². The number of hydrogen-bond donors (Lipinski definition) is 0. The minimum atomic E-state index is -0.756. The SMILES string of the molecule is C[C@H](OC(=O)[C@@H](C)c1ccc(Oc2ccccc2)cc1)C(=O)N1CCCCC1. The molecule has 1 saturated heterocycles. The Labute approximate surface area is 166 Å². The third-order valence-corrected chi connectivity index (χ3v) is 5.02. The van der Waals surface area contributed by atoms with E-state index in [9.17, 15) is 9.59 Å². The molecule has 0 saturated carbocycles. The van der Waals surface area contributed by atoms with E-state index in [4.69, 9.17) is 9.47 Å². The summed E-state index contributed by atoms with van der Waals surface area (Å²) in [5.41, 5.74) is 0.822. The molecular weight excluding hydrogens is 354 g/mol. The number of carbonyl (C=O) groups is 2. The van der Waals surface area contributed by atoms with Crippen LogP contribution in [0.5, 0.6) is 11.5 Å². The molecule has 0 aliphatic carbocycles. The van der Waals surface area contributed by atoms with Gasteiger partial charge in [0, 0.05) is 13.1 Å². The quantitative estimate of drug-likeness (QED) is 0.690. The predicted octanol–water partition coefficient (Wildman–Crippen LogP) is 4.53. The number of amides is 1. The first-order valence-corrected chi connectivity index (χ1v) is 9.87. The van der Waals surface area contributed by atoms with Gasteiger partial charge in [0.2, 0.25) is 0 Å². The first kappa shape index (κ1) is 19.9. The first-order valence-electron chi connectivity index (χ1n) is 9.87. The van der Waals surface area contributed by atoms with Crippen molar-refractivity contribution < 1.29 is 19.1 Å². The molecular formula is C23H27NO4. The van der Waals surface area contributed by atoms with E-state index in [-0.39, 0.29) is 5.91 Å². The number of para-hydroxylation sites is 1. The minimum absolute atomic E-state index is 0.105. The van der Waals surface area contributed by atoms with E-state index >= 15 is 0 Å². The fourth-order valence-corrected chi connectivity index (χ4v) is 3.28. The lowest BCUT2D eigenvalue weighted by Crippen LogP contribution is -2.43. The maximum absolute atomic E-state index is 12.5. The van der Waals surface area contributed by atoms with E-state index in [1.54, 1.807) is 18.7 Å². The number of ether oxygens (including phenoxy) is 2. The molecule has 1 heterocycles. The molecule has 2 atom stereocenters. The number of nitrogens with zero attached hydrogens (tertiary/aromatic N) is 1. The summed E-state index contributed by atoms with van der Waals surface area (Å²) in [4.78, 5) is 26.7. The van der Waals surface area contributed by atoms with Crippen molar-refractivity contribution >= 4 is 11.9 Å². The Kier molecular flexibility index (Phi) is 6.69. The minimum Gasteiger partial charge on any atom is -0.457 e. The van der Waals surface area contributed by atoms with Gasteiger partial charge in [0.1, 0.15) is 11.5 Å². The van der Waals surface area contributed by atoms with Gasteiger partial charge in [-0.3, -0.25) is 9.59 Å². The first-order chi connectivity index (χ1) is 13.5. The number of piperidine rings is 1. The largest absolute Gasteiger partial charge is 0.457 e. The Hall–Kier alpha value is -2.82. The summed E-state index contributed by atoms with van der Waals surface area (Å²) in [5.74, 6) is 0.501. The number of likely N-dealkylation sites (tertiary alicyclic amines) is 1. The molecule has 1 aliphatic rings. The lowest BCUT2D eigenvalue weighted by molar-refractivity contribution is -0.160. The smallest absolute Gasteiger partial charge is 0.313 e. The summed E-state index contributed by atoms with van der Waals surface area (Å²) in [6.45, 7) is 4.93. The van der Waals surface area contributed by atoms with E-state index in [1.807, 2.05) is 54.6 Å². The second-order valence-corrected chi connectivity index (χ2v) is 7.17. The summed E-state index contributed by atoms with van der Waals surface area (Å²) in [6, 6.07) is 16.9. The van der Waals surface area contributed by atoms with Gasteiger partial charge in [0.15, 0.2) is 6.10 Å². The average molecular weight is 381 g/mol.